The Balaban J connectivity index is 2.37. The van der Waals surface area contributed by atoms with E-state index in [0.717, 1.165) is 19.2 Å². The summed E-state index contributed by atoms with van der Waals surface area (Å²) in [4.78, 5) is 22.3. The SMILES string of the molecule is COC(=O)c1ccc(NS(=O)(=O)c2ccc(OC)c(C(=O)O)c2)cc1O. The number of aromatic hydroxyl groups is 1. The molecule has 0 unspecified atom stereocenters. The molecule has 0 aliphatic heterocycles. The minimum Gasteiger partial charge on any atom is -0.507 e. The molecule has 2 aromatic rings. The van der Waals surface area contributed by atoms with Crippen LogP contribution in [-0.2, 0) is 14.8 Å². The second-order valence-electron chi connectivity index (χ2n) is 5.00. The summed E-state index contributed by atoms with van der Waals surface area (Å²) in [5.74, 6) is -2.59. The summed E-state index contributed by atoms with van der Waals surface area (Å²) >= 11 is 0. The van der Waals surface area contributed by atoms with Crippen molar-refractivity contribution >= 4 is 27.6 Å². The molecular formula is C16H15NO8S. The van der Waals surface area contributed by atoms with Gasteiger partial charge < -0.3 is 19.7 Å². The third-order valence-electron chi connectivity index (χ3n) is 3.37. The van der Waals surface area contributed by atoms with E-state index in [4.69, 9.17) is 9.84 Å². The number of esters is 1. The summed E-state index contributed by atoms with van der Waals surface area (Å²) in [6, 6.07) is 6.82. The van der Waals surface area contributed by atoms with E-state index in [1.54, 1.807) is 0 Å². The van der Waals surface area contributed by atoms with Crippen LogP contribution in [0.2, 0.25) is 0 Å². The third kappa shape index (κ3) is 3.86. The number of phenolic OH excluding ortho intramolecular Hbond substituents is 1. The number of carbonyl (C=O) groups is 2. The highest BCUT2D eigenvalue weighted by Crippen LogP contribution is 2.27. The van der Waals surface area contributed by atoms with Gasteiger partial charge in [-0.25, -0.2) is 18.0 Å². The lowest BCUT2D eigenvalue weighted by Gasteiger charge is -2.11. The van der Waals surface area contributed by atoms with Gasteiger partial charge in [-0.1, -0.05) is 0 Å². The van der Waals surface area contributed by atoms with Gasteiger partial charge in [-0.3, -0.25) is 4.72 Å². The quantitative estimate of drug-likeness (QED) is 0.642. The summed E-state index contributed by atoms with van der Waals surface area (Å²) in [6.07, 6.45) is 0. The molecule has 138 valence electrons. The number of rotatable bonds is 6. The number of carboxylic acid groups (broad SMARTS) is 1. The number of benzene rings is 2. The largest absolute Gasteiger partial charge is 0.507 e. The van der Waals surface area contributed by atoms with E-state index in [-0.39, 0.29) is 27.5 Å². The van der Waals surface area contributed by atoms with Crippen molar-refractivity contribution in [2.24, 2.45) is 0 Å². The molecule has 2 rings (SSSR count). The van der Waals surface area contributed by atoms with Crippen molar-refractivity contribution in [1.29, 1.82) is 0 Å². The predicted molar refractivity (Wildman–Crippen MR) is 90.2 cm³/mol. The van der Waals surface area contributed by atoms with E-state index in [2.05, 4.69) is 9.46 Å². The number of carbonyl (C=O) groups excluding carboxylic acids is 1. The Hall–Kier alpha value is -3.27. The Labute approximate surface area is 148 Å². The topological polar surface area (TPSA) is 139 Å². The van der Waals surface area contributed by atoms with Gasteiger partial charge in [0.05, 0.1) is 24.8 Å². The molecule has 0 aliphatic rings. The molecule has 10 heteroatoms. The minimum absolute atomic E-state index is 0.0107. The van der Waals surface area contributed by atoms with Gasteiger partial charge in [0.25, 0.3) is 10.0 Å². The van der Waals surface area contributed by atoms with Crippen LogP contribution in [0, 0.1) is 0 Å². The van der Waals surface area contributed by atoms with E-state index >= 15 is 0 Å². The van der Waals surface area contributed by atoms with Crippen LogP contribution in [-0.4, -0.2) is 44.8 Å². The maximum Gasteiger partial charge on any atom is 0.341 e. The first-order chi connectivity index (χ1) is 12.2. The fraction of sp³-hybridized carbons (Fsp3) is 0.125. The number of hydrogen-bond acceptors (Lipinski definition) is 7. The van der Waals surface area contributed by atoms with Gasteiger partial charge >= 0.3 is 11.9 Å². The summed E-state index contributed by atoms with van der Waals surface area (Å²) in [5, 5.41) is 19.0. The zero-order valence-electron chi connectivity index (χ0n) is 13.7. The number of aromatic carboxylic acids is 1. The van der Waals surface area contributed by atoms with Gasteiger partial charge in [-0.05, 0) is 30.3 Å². The molecular weight excluding hydrogens is 366 g/mol. The standard InChI is InChI=1S/C16H15NO8S/c1-24-14-6-4-10(8-12(14)15(19)20)26(22,23)17-9-3-5-11(13(18)7-9)16(21)25-2/h3-8,17-18H,1-2H3,(H,19,20). The average molecular weight is 381 g/mol. The number of carboxylic acids is 1. The van der Waals surface area contributed by atoms with E-state index in [1.807, 2.05) is 0 Å². The molecule has 0 amide bonds. The van der Waals surface area contributed by atoms with Crippen LogP contribution in [0.5, 0.6) is 11.5 Å². The molecule has 2 aromatic carbocycles. The highest BCUT2D eigenvalue weighted by atomic mass is 32.2. The maximum atomic E-state index is 12.4. The molecule has 0 saturated carbocycles. The van der Waals surface area contributed by atoms with E-state index in [1.165, 1.54) is 31.4 Å². The van der Waals surface area contributed by atoms with Crippen molar-refractivity contribution in [2.45, 2.75) is 4.90 Å². The molecule has 0 heterocycles. The van der Waals surface area contributed by atoms with Crippen LogP contribution >= 0.6 is 0 Å². The molecule has 0 saturated heterocycles. The van der Waals surface area contributed by atoms with E-state index < -0.39 is 27.7 Å². The van der Waals surface area contributed by atoms with E-state index in [9.17, 15) is 23.1 Å². The monoisotopic (exact) mass is 381 g/mol. The molecule has 0 fully saturated rings. The number of ether oxygens (including phenoxy) is 2. The second kappa shape index (κ2) is 7.31. The lowest BCUT2D eigenvalue weighted by atomic mass is 10.2. The Bertz CT molecular complexity index is 968. The van der Waals surface area contributed by atoms with Crippen molar-refractivity contribution in [3.8, 4) is 11.5 Å². The first-order valence-corrected chi connectivity index (χ1v) is 8.53. The van der Waals surface area contributed by atoms with Crippen molar-refractivity contribution in [1.82, 2.24) is 0 Å². The van der Waals surface area contributed by atoms with Crippen LogP contribution < -0.4 is 9.46 Å². The van der Waals surface area contributed by atoms with Crippen molar-refractivity contribution in [3.05, 3.63) is 47.5 Å². The Kier molecular flexibility index (Phi) is 5.36. The lowest BCUT2D eigenvalue weighted by Crippen LogP contribution is -2.14. The zero-order chi connectivity index (χ0) is 19.5. The molecule has 26 heavy (non-hydrogen) atoms. The van der Waals surface area contributed by atoms with Crippen molar-refractivity contribution in [3.63, 3.8) is 0 Å². The predicted octanol–water partition coefficient (Wildman–Crippen LogP) is 1.69. The Morgan fingerprint density at radius 1 is 1.04 bits per heavy atom. The summed E-state index contributed by atoms with van der Waals surface area (Å²) in [6.45, 7) is 0. The zero-order valence-corrected chi connectivity index (χ0v) is 14.5. The minimum atomic E-state index is -4.15. The highest BCUT2D eigenvalue weighted by Gasteiger charge is 2.20. The number of nitrogens with one attached hydrogen (secondary N) is 1. The summed E-state index contributed by atoms with van der Waals surface area (Å²) < 4.78 is 36.4. The maximum absolute atomic E-state index is 12.4. The van der Waals surface area contributed by atoms with Gasteiger partial charge in [-0.2, -0.15) is 0 Å². The van der Waals surface area contributed by atoms with Crippen molar-refractivity contribution < 1.29 is 37.7 Å². The number of hydrogen-bond donors (Lipinski definition) is 3. The fourth-order valence-electron chi connectivity index (χ4n) is 2.11. The Morgan fingerprint density at radius 3 is 2.27 bits per heavy atom. The van der Waals surface area contributed by atoms with Crippen LogP contribution in [0.15, 0.2) is 41.3 Å². The molecule has 9 nitrogen and oxygen atoms in total. The molecule has 0 spiro atoms. The second-order valence-corrected chi connectivity index (χ2v) is 6.68. The number of methoxy groups -OCH3 is 2. The summed E-state index contributed by atoms with van der Waals surface area (Å²) in [5.41, 5.74) is -0.477. The van der Waals surface area contributed by atoms with Crippen molar-refractivity contribution in [2.75, 3.05) is 18.9 Å². The fourth-order valence-corrected chi connectivity index (χ4v) is 3.19. The molecule has 0 aromatic heterocycles. The van der Waals surface area contributed by atoms with Crippen LogP contribution in [0.25, 0.3) is 0 Å². The molecule has 3 N–H and O–H groups in total. The van der Waals surface area contributed by atoms with Gasteiger partial charge in [-0.15, -0.1) is 0 Å². The lowest BCUT2D eigenvalue weighted by molar-refractivity contribution is 0.0596. The van der Waals surface area contributed by atoms with Crippen LogP contribution in [0.4, 0.5) is 5.69 Å². The van der Waals surface area contributed by atoms with Gasteiger partial charge in [0, 0.05) is 6.07 Å². The molecule has 0 aliphatic carbocycles. The summed E-state index contributed by atoms with van der Waals surface area (Å²) in [7, 11) is -1.74. The van der Waals surface area contributed by atoms with E-state index in [0.29, 0.717) is 0 Å². The van der Waals surface area contributed by atoms with Gasteiger partial charge in [0.2, 0.25) is 0 Å². The number of sulfonamides is 1. The Morgan fingerprint density at radius 2 is 1.73 bits per heavy atom. The number of anilines is 1. The normalized spacial score (nSPS) is 10.8. The van der Waals surface area contributed by atoms with Crippen LogP contribution in [0.1, 0.15) is 20.7 Å². The van der Waals surface area contributed by atoms with Crippen LogP contribution in [0.3, 0.4) is 0 Å². The smallest absolute Gasteiger partial charge is 0.341 e. The third-order valence-corrected chi connectivity index (χ3v) is 4.75. The highest BCUT2D eigenvalue weighted by molar-refractivity contribution is 7.92. The first kappa shape index (κ1) is 19.1. The first-order valence-electron chi connectivity index (χ1n) is 7.05. The number of phenols is 1. The molecule has 0 bridgehead atoms. The van der Waals surface area contributed by atoms with Gasteiger partial charge in [0.15, 0.2) is 0 Å². The molecule has 0 radical (unpaired) electrons. The average Bonchev–Trinajstić information content (AvgIpc) is 2.60. The van der Waals surface area contributed by atoms with Gasteiger partial charge in [0.1, 0.15) is 22.6 Å². The molecule has 0 atom stereocenters.